The summed E-state index contributed by atoms with van der Waals surface area (Å²) in [6.07, 6.45) is 1.77. The SMILES string of the molecule is C=CC(=C)[Si](C)(C)OC. The Morgan fingerprint density at radius 3 is 2.11 bits per heavy atom. The van der Waals surface area contributed by atoms with E-state index in [1.807, 2.05) is 0 Å². The first-order chi connectivity index (χ1) is 4.04. The molecule has 52 valence electrons. The van der Waals surface area contributed by atoms with Crippen molar-refractivity contribution in [2.24, 2.45) is 0 Å². The molecule has 0 atom stereocenters. The van der Waals surface area contributed by atoms with Crippen LogP contribution in [0.5, 0.6) is 0 Å². The van der Waals surface area contributed by atoms with E-state index in [1.54, 1.807) is 13.2 Å². The van der Waals surface area contributed by atoms with Gasteiger partial charge in [-0.2, -0.15) is 0 Å². The molecule has 0 rings (SSSR count). The van der Waals surface area contributed by atoms with Crippen molar-refractivity contribution >= 4 is 8.32 Å². The minimum Gasteiger partial charge on any atom is -0.416 e. The topological polar surface area (TPSA) is 9.23 Å². The van der Waals surface area contributed by atoms with Crippen molar-refractivity contribution in [2.75, 3.05) is 7.11 Å². The lowest BCUT2D eigenvalue weighted by atomic mass is 10.6. The maximum atomic E-state index is 5.26. The van der Waals surface area contributed by atoms with Crippen LogP contribution in [0.15, 0.2) is 24.4 Å². The van der Waals surface area contributed by atoms with Gasteiger partial charge in [-0.1, -0.05) is 19.2 Å². The lowest BCUT2D eigenvalue weighted by molar-refractivity contribution is 0.413. The molecule has 0 saturated heterocycles. The number of hydrogen-bond donors (Lipinski definition) is 0. The van der Waals surface area contributed by atoms with Crippen LogP contribution in [0.4, 0.5) is 0 Å². The van der Waals surface area contributed by atoms with Gasteiger partial charge in [0.25, 0.3) is 0 Å². The van der Waals surface area contributed by atoms with Crippen molar-refractivity contribution in [3.8, 4) is 0 Å². The predicted molar refractivity (Wildman–Crippen MR) is 43.8 cm³/mol. The second-order valence-corrected chi connectivity index (χ2v) is 6.51. The maximum absolute atomic E-state index is 5.26. The minimum absolute atomic E-state index is 1.05. The van der Waals surface area contributed by atoms with E-state index < -0.39 is 8.32 Å². The normalized spacial score (nSPS) is 11.0. The summed E-state index contributed by atoms with van der Waals surface area (Å²) in [6, 6.07) is 0. The fourth-order valence-electron chi connectivity index (χ4n) is 0.377. The number of rotatable bonds is 3. The van der Waals surface area contributed by atoms with Crippen LogP contribution in [0.1, 0.15) is 0 Å². The molecule has 9 heavy (non-hydrogen) atoms. The molecule has 0 heterocycles. The number of allylic oxidation sites excluding steroid dienone is 2. The largest absolute Gasteiger partial charge is 0.416 e. The second kappa shape index (κ2) is 2.99. The Kier molecular flexibility index (Phi) is 2.87. The van der Waals surface area contributed by atoms with Crippen molar-refractivity contribution in [3.63, 3.8) is 0 Å². The highest BCUT2D eigenvalue weighted by Gasteiger charge is 2.21. The second-order valence-electron chi connectivity index (χ2n) is 2.44. The molecule has 0 saturated carbocycles. The van der Waals surface area contributed by atoms with Gasteiger partial charge in [0.05, 0.1) is 0 Å². The summed E-state index contributed by atoms with van der Waals surface area (Å²) >= 11 is 0. The third-order valence-corrected chi connectivity index (χ3v) is 4.30. The highest BCUT2D eigenvalue weighted by Crippen LogP contribution is 2.13. The molecule has 0 aromatic carbocycles. The van der Waals surface area contributed by atoms with Gasteiger partial charge in [-0.15, -0.1) is 0 Å². The molecule has 0 fully saturated rings. The lowest BCUT2D eigenvalue weighted by Crippen LogP contribution is -2.30. The fourth-order valence-corrected chi connectivity index (χ4v) is 1.13. The number of hydrogen-bond acceptors (Lipinski definition) is 1. The molecule has 0 aromatic heterocycles. The van der Waals surface area contributed by atoms with Crippen molar-refractivity contribution in [1.29, 1.82) is 0 Å². The van der Waals surface area contributed by atoms with Crippen LogP contribution in [0.2, 0.25) is 13.1 Å². The van der Waals surface area contributed by atoms with Gasteiger partial charge in [0.1, 0.15) is 0 Å². The Morgan fingerprint density at radius 2 is 2.00 bits per heavy atom. The standard InChI is InChI=1S/C7H14OSi/c1-6-7(2)9(4,5)8-3/h6H,1-2H2,3-5H3. The molecular formula is C7H14OSi. The molecule has 0 N–H and O–H groups in total. The average molecular weight is 142 g/mol. The molecule has 0 spiro atoms. The first-order valence-electron chi connectivity index (χ1n) is 2.91. The van der Waals surface area contributed by atoms with E-state index in [2.05, 4.69) is 26.3 Å². The van der Waals surface area contributed by atoms with Crippen LogP contribution < -0.4 is 0 Å². The van der Waals surface area contributed by atoms with Gasteiger partial charge in [-0.25, -0.2) is 0 Å². The first-order valence-corrected chi connectivity index (χ1v) is 5.82. The molecule has 1 nitrogen and oxygen atoms in total. The molecule has 0 bridgehead atoms. The average Bonchev–Trinajstić information content (AvgIpc) is 1.86. The molecule has 0 aliphatic carbocycles. The van der Waals surface area contributed by atoms with Gasteiger partial charge < -0.3 is 4.43 Å². The van der Waals surface area contributed by atoms with Gasteiger partial charge in [-0.3, -0.25) is 0 Å². The Labute approximate surface area is 58.2 Å². The van der Waals surface area contributed by atoms with E-state index in [4.69, 9.17) is 4.43 Å². The highest BCUT2D eigenvalue weighted by atomic mass is 28.4. The van der Waals surface area contributed by atoms with Crippen molar-refractivity contribution in [3.05, 3.63) is 24.4 Å². The summed E-state index contributed by atoms with van der Waals surface area (Å²) in [5, 5.41) is 1.05. The zero-order valence-corrected chi connectivity index (χ0v) is 7.40. The smallest absolute Gasteiger partial charge is 0.216 e. The van der Waals surface area contributed by atoms with Gasteiger partial charge in [0.15, 0.2) is 0 Å². The van der Waals surface area contributed by atoms with Gasteiger partial charge in [-0.05, 0) is 18.3 Å². The van der Waals surface area contributed by atoms with Crippen LogP contribution in [0.25, 0.3) is 0 Å². The van der Waals surface area contributed by atoms with Crippen LogP contribution in [0, 0.1) is 0 Å². The summed E-state index contributed by atoms with van der Waals surface area (Å²) in [7, 11) is 0.130. The van der Waals surface area contributed by atoms with Crippen molar-refractivity contribution in [2.45, 2.75) is 13.1 Å². The molecule has 0 unspecified atom stereocenters. The lowest BCUT2D eigenvalue weighted by Gasteiger charge is -2.19. The Hall–Kier alpha value is -0.343. The molecular weight excluding hydrogens is 128 g/mol. The third kappa shape index (κ3) is 2.16. The summed E-state index contributed by atoms with van der Waals surface area (Å²) in [5.41, 5.74) is 0. The third-order valence-electron chi connectivity index (χ3n) is 1.53. The van der Waals surface area contributed by atoms with E-state index in [1.165, 1.54) is 0 Å². The zero-order chi connectivity index (χ0) is 7.49. The van der Waals surface area contributed by atoms with Crippen LogP contribution >= 0.6 is 0 Å². The van der Waals surface area contributed by atoms with Crippen molar-refractivity contribution < 1.29 is 4.43 Å². The van der Waals surface area contributed by atoms with Crippen LogP contribution in [-0.2, 0) is 4.43 Å². The van der Waals surface area contributed by atoms with Gasteiger partial charge in [0.2, 0.25) is 8.32 Å². The summed E-state index contributed by atoms with van der Waals surface area (Å²) < 4.78 is 5.26. The zero-order valence-electron chi connectivity index (χ0n) is 6.40. The van der Waals surface area contributed by atoms with E-state index in [0.29, 0.717) is 0 Å². The quantitative estimate of drug-likeness (QED) is 0.433. The van der Waals surface area contributed by atoms with Gasteiger partial charge in [0, 0.05) is 7.11 Å². The molecule has 2 heteroatoms. The summed E-state index contributed by atoms with van der Waals surface area (Å²) in [6.45, 7) is 11.7. The molecule has 0 amide bonds. The van der Waals surface area contributed by atoms with Crippen molar-refractivity contribution in [1.82, 2.24) is 0 Å². The summed E-state index contributed by atoms with van der Waals surface area (Å²) in [4.78, 5) is 0. The Morgan fingerprint density at radius 1 is 1.56 bits per heavy atom. The minimum atomic E-state index is -1.59. The first kappa shape index (κ1) is 8.66. The molecule has 0 aliphatic rings. The fraction of sp³-hybridized carbons (Fsp3) is 0.429. The summed E-state index contributed by atoms with van der Waals surface area (Å²) in [5.74, 6) is 0. The monoisotopic (exact) mass is 142 g/mol. The Bertz CT molecular complexity index is 127. The van der Waals surface area contributed by atoms with Crippen LogP contribution in [-0.4, -0.2) is 15.4 Å². The highest BCUT2D eigenvalue weighted by molar-refractivity contribution is 6.79. The molecule has 0 aliphatic heterocycles. The van der Waals surface area contributed by atoms with Crippen LogP contribution in [0.3, 0.4) is 0 Å². The molecule has 0 aromatic rings. The Balaban J connectivity index is 4.13. The van der Waals surface area contributed by atoms with E-state index in [-0.39, 0.29) is 0 Å². The van der Waals surface area contributed by atoms with E-state index >= 15 is 0 Å². The van der Waals surface area contributed by atoms with E-state index in [0.717, 1.165) is 5.20 Å². The van der Waals surface area contributed by atoms with Gasteiger partial charge >= 0.3 is 0 Å². The predicted octanol–water partition coefficient (Wildman–Crippen LogP) is 2.12. The van der Waals surface area contributed by atoms with E-state index in [9.17, 15) is 0 Å². The maximum Gasteiger partial charge on any atom is 0.216 e. The molecule has 0 radical (unpaired) electrons.